The van der Waals surface area contributed by atoms with Gasteiger partial charge >= 0.3 is 0 Å². The van der Waals surface area contributed by atoms with Gasteiger partial charge in [-0.1, -0.05) is 13.8 Å². The summed E-state index contributed by atoms with van der Waals surface area (Å²) in [4.78, 5) is 12.2. The fraction of sp³-hybridized carbons (Fsp3) is 0.308. The maximum Gasteiger partial charge on any atom is 0.222 e. The van der Waals surface area contributed by atoms with Gasteiger partial charge in [-0.05, 0) is 25.0 Å². The first kappa shape index (κ1) is 13.1. The zero-order valence-electron chi connectivity index (χ0n) is 11.2. The van der Waals surface area contributed by atoms with E-state index in [0.29, 0.717) is 11.5 Å². The van der Waals surface area contributed by atoms with Crippen molar-refractivity contribution in [2.24, 2.45) is 0 Å². The maximum atomic E-state index is 5.75. The second kappa shape index (κ2) is 5.09. The van der Waals surface area contributed by atoms with Crippen molar-refractivity contribution in [2.45, 2.75) is 26.7 Å². The van der Waals surface area contributed by atoms with Crippen molar-refractivity contribution >= 4 is 11.8 Å². The van der Waals surface area contributed by atoms with Crippen molar-refractivity contribution in [3.05, 3.63) is 29.7 Å². The van der Waals surface area contributed by atoms with Crippen LogP contribution in [0.5, 0.6) is 11.5 Å². The molecule has 6 heteroatoms. The summed E-state index contributed by atoms with van der Waals surface area (Å²) in [6.07, 6.45) is 1.46. The van der Waals surface area contributed by atoms with Crippen molar-refractivity contribution in [2.75, 3.05) is 11.5 Å². The monoisotopic (exact) mass is 259 g/mol. The molecular weight excluding hydrogens is 242 g/mol. The molecule has 2 aromatic rings. The molecule has 19 heavy (non-hydrogen) atoms. The topological polar surface area (TPSA) is 99.9 Å². The molecule has 100 valence electrons. The SMILES string of the molecule is Cc1ccc(Oc2cnc(N)nc2N)c(C(C)C)n1. The molecule has 0 aliphatic heterocycles. The third-order valence-corrected chi connectivity index (χ3v) is 2.59. The van der Waals surface area contributed by atoms with E-state index >= 15 is 0 Å². The molecule has 0 spiro atoms. The normalized spacial score (nSPS) is 10.7. The van der Waals surface area contributed by atoms with Gasteiger partial charge in [0.25, 0.3) is 0 Å². The molecule has 0 amide bonds. The van der Waals surface area contributed by atoms with Crippen LogP contribution in [-0.2, 0) is 0 Å². The number of nitrogens with zero attached hydrogens (tertiary/aromatic N) is 3. The van der Waals surface area contributed by atoms with Gasteiger partial charge < -0.3 is 16.2 Å². The van der Waals surface area contributed by atoms with Gasteiger partial charge in [0.05, 0.1) is 11.9 Å². The number of hydrogen-bond acceptors (Lipinski definition) is 6. The Hall–Kier alpha value is -2.37. The summed E-state index contributed by atoms with van der Waals surface area (Å²) >= 11 is 0. The second-order valence-electron chi connectivity index (χ2n) is 4.57. The average molecular weight is 259 g/mol. The molecule has 0 fully saturated rings. The number of nitrogens with two attached hydrogens (primary N) is 2. The minimum atomic E-state index is 0.121. The van der Waals surface area contributed by atoms with E-state index in [0.717, 1.165) is 11.4 Å². The first-order chi connectivity index (χ1) is 8.97. The molecule has 0 radical (unpaired) electrons. The number of pyridine rings is 1. The Labute approximate surface area is 111 Å². The van der Waals surface area contributed by atoms with Crippen LogP contribution in [0.3, 0.4) is 0 Å². The van der Waals surface area contributed by atoms with Crippen molar-refractivity contribution in [1.29, 1.82) is 0 Å². The Bertz CT molecular complexity index is 598. The van der Waals surface area contributed by atoms with Gasteiger partial charge in [0.1, 0.15) is 5.75 Å². The predicted octanol–water partition coefficient (Wildman–Crippen LogP) is 2.26. The first-order valence-electron chi connectivity index (χ1n) is 6.00. The van der Waals surface area contributed by atoms with Crippen LogP contribution in [0.15, 0.2) is 18.3 Å². The number of nitrogen functional groups attached to an aromatic ring is 2. The van der Waals surface area contributed by atoms with Crippen molar-refractivity contribution < 1.29 is 4.74 Å². The Kier molecular flexibility index (Phi) is 3.50. The summed E-state index contributed by atoms with van der Waals surface area (Å²) in [5.74, 6) is 1.60. The van der Waals surface area contributed by atoms with Crippen molar-refractivity contribution in [3.8, 4) is 11.5 Å². The molecule has 0 aliphatic carbocycles. The predicted molar refractivity (Wildman–Crippen MR) is 74.0 cm³/mol. The van der Waals surface area contributed by atoms with E-state index in [9.17, 15) is 0 Å². The molecule has 0 bridgehead atoms. The highest BCUT2D eigenvalue weighted by Crippen LogP contribution is 2.31. The van der Waals surface area contributed by atoms with Crippen LogP contribution in [0.4, 0.5) is 11.8 Å². The van der Waals surface area contributed by atoms with Crippen LogP contribution in [0.25, 0.3) is 0 Å². The van der Waals surface area contributed by atoms with Crippen LogP contribution in [0.2, 0.25) is 0 Å². The van der Waals surface area contributed by atoms with Crippen LogP contribution in [0.1, 0.15) is 31.2 Å². The van der Waals surface area contributed by atoms with Gasteiger partial charge in [0, 0.05) is 5.69 Å². The second-order valence-corrected chi connectivity index (χ2v) is 4.57. The van der Waals surface area contributed by atoms with Gasteiger partial charge in [0.15, 0.2) is 11.6 Å². The third kappa shape index (κ3) is 2.90. The zero-order valence-corrected chi connectivity index (χ0v) is 11.2. The van der Waals surface area contributed by atoms with Crippen molar-refractivity contribution in [3.63, 3.8) is 0 Å². The van der Waals surface area contributed by atoms with Crippen LogP contribution < -0.4 is 16.2 Å². The first-order valence-corrected chi connectivity index (χ1v) is 6.00. The number of aryl methyl sites for hydroxylation is 1. The molecular formula is C13H17N5O. The van der Waals surface area contributed by atoms with E-state index in [-0.39, 0.29) is 17.7 Å². The van der Waals surface area contributed by atoms with Gasteiger partial charge in [0.2, 0.25) is 5.95 Å². The Morgan fingerprint density at radius 3 is 2.47 bits per heavy atom. The number of anilines is 2. The quantitative estimate of drug-likeness (QED) is 0.876. The van der Waals surface area contributed by atoms with Gasteiger partial charge in [-0.25, -0.2) is 4.98 Å². The molecule has 0 saturated carbocycles. The Morgan fingerprint density at radius 2 is 1.84 bits per heavy atom. The maximum absolute atomic E-state index is 5.75. The smallest absolute Gasteiger partial charge is 0.222 e. The highest BCUT2D eigenvalue weighted by Gasteiger charge is 2.13. The van der Waals surface area contributed by atoms with Gasteiger partial charge in [-0.2, -0.15) is 4.98 Å². The fourth-order valence-corrected chi connectivity index (χ4v) is 1.66. The van der Waals surface area contributed by atoms with E-state index < -0.39 is 0 Å². The molecule has 2 heterocycles. The minimum absolute atomic E-state index is 0.121. The van der Waals surface area contributed by atoms with Crippen LogP contribution in [0, 0.1) is 6.92 Å². The third-order valence-electron chi connectivity index (χ3n) is 2.59. The zero-order chi connectivity index (χ0) is 14.0. The Morgan fingerprint density at radius 1 is 1.11 bits per heavy atom. The lowest BCUT2D eigenvalue weighted by atomic mass is 10.1. The summed E-state index contributed by atoms with van der Waals surface area (Å²) in [7, 11) is 0. The lowest BCUT2D eigenvalue weighted by Crippen LogP contribution is -2.03. The van der Waals surface area contributed by atoms with E-state index in [1.807, 2.05) is 19.1 Å². The molecule has 0 aliphatic rings. The van der Waals surface area contributed by atoms with E-state index in [4.69, 9.17) is 16.2 Å². The molecule has 4 N–H and O–H groups in total. The van der Waals surface area contributed by atoms with Crippen LogP contribution >= 0.6 is 0 Å². The molecule has 0 unspecified atom stereocenters. The standard InChI is InChI=1S/C13H17N5O/c1-7(2)11-9(5-4-8(3)17-11)19-10-6-16-13(15)18-12(10)14/h4-7H,1-3H3,(H4,14,15,16,18). The van der Waals surface area contributed by atoms with Crippen molar-refractivity contribution in [1.82, 2.24) is 15.0 Å². The highest BCUT2D eigenvalue weighted by atomic mass is 16.5. The van der Waals surface area contributed by atoms with E-state index in [1.54, 1.807) is 0 Å². The number of hydrogen-bond donors (Lipinski definition) is 2. The van der Waals surface area contributed by atoms with Gasteiger partial charge in [-0.15, -0.1) is 0 Å². The summed E-state index contributed by atoms with van der Waals surface area (Å²) in [6, 6.07) is 3.75. The lowest BCUT2D eigenvalue weighted by Gasteiger charge is -2.14. The average Bonchev–Trinajstić information content (AvgIpc) is 2.34. The summed E-state index contributed by atoms with van der Waals surface area (Å²) in [5, 5.41) is 0. The molecule has 6 nitrogen and oxygen atoms in total. The van der Waals surface area contributed by atoms with Gasteiger partial charge in [-0.3, -0.25) is 4.98 Å². The lowest BCUT2D eigenvalue weighted by molar-refractivity contribution is 0.466. The largest absolute Gasteiger partial charge is 0.450 e. The molecule has 0 saturated heterocycles. The van der Waals surface area contributed by atoms with E-state index in [2.05, 4.69) is 28.8 Å². The van der Waals surface area contributed by atoms with Crippen LogP contribution in [-0.4, -0.2) is 15.0 Å². The minimum Gasteiger partial charge on any atom is -0.450 e. The summed E-state index contributed by atoms with van der Waals surface area (Å²) in [5.41, 5.74) is 13.0. The fourth-order valence-electron chi connectivity index (χ4n) is 1.66. The number of rotatable bonds is 3. The summed E-state index contributed by atoms with van der Waals surface area (Å²) in [6.45, 7) is 6.05. The number of aromatic nitrogens is 3. The Balaban J connectivity index is 2.38. The highest BCUT2D eigenvalue weighted by molar-refractivity contribution is 5.49. The molecule has 2 rings (SSSR count). The van der Waals surface area contributed by atoms with E-state index in [1.165, 1.54) is 6.20 Å². The number of ether oxygens (including phenoxy) is 1. The molecule has 0 atom stereocenters. The molecule has 2 aromatic heterocycles. The summed E-state index contributed by atoms with van der Waals surface area (Å²) < 4.78 is 5.74. The molecule has 0 aromatic carbocycles.